The molecule has 0 aliphatic carbocycles. The van der Waals surface area contributed by atoms with Crippen LogP contribution >= 0.6 is 0 Å². The quantitative estimate of drug-likeness (QED) is 0.829. The lowest BCUT2D eigenvalue weighted by molar-refractivity contribution is 0.113. The Bertz CT molecular complexity index is 269. The van der Waals surface area contributed by atoms with E-state index in [4.69, 9.17) is 5.73 Å². The van der Waals surface area contributed by atoms with Gasteiger partial charge in [0.1, 0.15) is 0 Å². The smallest absolute Gasteiger partial charge is 0.320 e. The lowest BCUT2D eigenvalue weighted by atomic mass is 10.2. The number of likely N-dealkylation sites (tertiary alicyclic amines) is 1. The summed E-state index contributed by atoms with van der Waals surface area (Å²) in [6, 6.07) is 0.264. The molecule has 0 aromatic heterocycles. The largest absolute Gasteiger partial charge is 0.330 e. The van der Waals surface area contributed by atoms with E-state index in [-0.39, 0.29) is 6.03 Å². The second-order valence-corrected chi connectivity index (χ2v) is 5.65. The van der Waals surface area contributed by atoms with Crippen LogP contribution in [0, 0.1) is 0 Å². The molecule has 2 rings (SSSR count). The molecule has 2 saturated heterocycles. The summed E-state index contributed by atoms with van der Waals surface area (Å²) in [5.74, 6) is 0. The molecule has 5 nitrogen and oxygen atoms in total. The van der Waals surface area contributed by atoms with Crippen LogP contribution in [-0.4, -0.2) is 73.1 Å². The van der Waals surface area contributed by atoms with Crippen molar-refractivity contribution < 1.29 is 4.79 Å². The Morgan fingerprint density at radius 3 is 2.00 bits per heavy atom. The number of hydrogen-bond donors (Lipinski definition) is 1. The van der Waals surface area contributed by atoms with Gasteiger partial charge in [0.25, 0.3) is 0 Å². The summed E-state index contributed by atoms with van der Waals surface area (Å²) in [5.41, 5.74) is 5.54. The van der Waals surface area contributed by atoms with Crippen molar-refractivity contribution in [1.82, 2.24) is 14.7 Å². The summed E-state index contributed by atoms with van der Waals surface area (Å²) in [7, 11) is 0. The van der Waals surface area contributed by atoms with E-state index in [1.165, 1.54) is 25.7 Å². The molecule has 0 unspecified atom stereocenters. The second-order valence-electron chi connectivity index (χ2n) is 5.65. The monoisotopic (exact) mass is 268 g/mol. The minimum Gasteiger partial charge on any atom is -0.330 e. The molecule has 0 spiro atoms. The highest BCUT2D eigenvalue weighted by atomic mass is 16.2. The summed E-state index contributed by atoms with van der Waals surface area (Å²) in [4.78, 5) is 18.9. The molecule has 0 bridgehead atoms. The molecule has 2 fully saturated rings. The summed E-state index contributed by atoms with van der Waals surface area (Å²) in [5, 5.41) is 0. The van der Waals surface area contributed by atoms with Crippen LogP contribution in [0.25, 0.3) is 0 Å². The molecule has 2 N–H and O–H groups in total. The second kappa shape index (κ2) is 7.70. The minimum absolute atomic E-state index is 0.264. The molecule has 2 aliphatic rings. The lowest BCUT2D eigenvalue weighted by Gasteiger charge is -2.37. The number of rotatable bonds is 3. The van der Waals surface area contributed by atoms with Gasteiger partial charge in [-0.2, -0.15) is 0 Å². The van der Waals surface area contributed by atoms with Gasteiger partial charge in [0.15, 0.2) is 0 Å². The van der Waals surface area contributed by atoms with Crippen LogP contribution in [-0.2, 0) is 0 Å². The van der Waals surface area contributed by atoms with Crippen molar-refractivity contribution in [2.45, 2.75) is 32.1 Å². The van der Waals surface area contributed by atoms with Gasteiger partial charge in [-0.25, -0.2) is 4.79 Å². The summed E-state index contributed by atoms with van der Waals surface area (Å²) >= 11 is 0. The molecule has 0 aromatic rings. The van der Waals surface area contributed by atoms with Gasteiger partial charge in [0.05, 0.1) is 0 Å². The van der Waals surface area contributed by atoms with Crippen molar-refractivity contribution in [2.75, 3.05) is 52.4 Å². The number of piperazine rings is 1. The van der Waals surface area contributed by atoms with Crippen molar-refractivity contribution in [2.24, 2.45) is 5.73 Å². The number of urea groups is 1. The number of amides is 2. The van der Waals surface area contributed by atoms with Gasteiger partial charge in [-0.1, -0.05) is 12.8 Å². The molecule has 2 amide bonds. The van der Waals surface area contributed by atoms with Gasteiger partial charge >= 0.3 is 6.03 Å². The van der Waals surface area contributed by atoms with E-state index in [1.807, 2.05) is 4.90 Å². The van der Waals surface area contributed by atoms with E-state index in [9.17, 15) is 4.79 Å². The Kier molecular flexibility index (Phi) is 5.92. The summed E-state index contributed by atoms with van der Waals surface area (Å²) in [6.45, 7) is 7.48. The maximum atomic E-state index is 12.4. The zero-order valence-electron chi connectivity index (χ0n) is 12.0. The number of hydrogen-bond acceptors (Lipinski definition) is 3. The van der Waals surface area contributed by atoms with Crippen LogP contribution < -0.4 is 5.73 Å². The van der Waals surface area contributed by atoms with E-state index in [2.05, 4.69) is 9.80 Å². The van der Waals surface area contributed by atoms with Gasteiger partial charge in [0.2, 0.25) is 0 Å². The normalized spacial score (nSPS) is 22.4. The first-order chi connectivity index (χ1) is 9.31. The first-order valence-electron chi connectivity index (χ1n) is 7.77. The molecule has 0 aromatic carbocycles. The summed E-state index contributed by atoms with van der Waals surface area (Å²) in [6.07, 6.45) is 5.94. The number of nitrogens with zero attached hydrogens (tertiary/aromatic N) is 3. The number of nitrogens with two attached hydrogens (primary N) is 1. The highest BCUT2D eigenvalue weighted by Crippen LogP contribution is 2.13. The average Bonchev–Trinajstić information content (AvgIpc) is 2.74. The third-order valence-corrected chi connectivity index (χ3v) is 4.20. The van der Waals surface area contributed by atoms with Crippen LogP contribution in [0.15, 0.2) is 0 Å². The Hall–Kier alpha value is -0.810. The van der Waals surface area contributed by atoms with E-state index in [0.29, 0.717) is 0 Å². The molecular weight excluding hydrogens is 240 g/mol. The van der Waals surface area contributed by atoms with Crippen LogP contribution in [0.4, 0.5) is 4.79 Å². The number of carbonyl (C=O) groups is 1. The standard InChI is InChI=1S/C14H28N4O/c15-6-5-7-16-10-12-18(13-11-16)14(19)17-8-3-1-2-4-9-17/h1-13,15H2. The average molecular weight is 268 g/mol. The third-order valence-electron chi connectivity index (χ3n) is 4.20. The fourth-order valence-electron chi connectivity index (χ4n) is 2.94. The molecule has 0 atom stereocenters. The van der Waals surface area contributed by atoms with Crippen LogP contribution in [0.1, 0.15) is 32.1 Å². The van der Waals surface area contributed by atoms with E-state index in [0.717, 1.165) is 58.8 Å². The van der Waals surface area contributed by atoms with Crippen molar-refractivity contribution in [1.29, 1.82) is 0 Å². The summed E-state index contributed by atoms with van der Waals surface area (Å²) < 4.78 is 0. The van der Waals surface area contributed by atoms with Gasteiger partial charge in [-0.15, -0.1) is 0 Å². The van der Waals surface area contributed by atoms with Crippen LogP contribution in [0.3, 0.4) is 0 Å². The minimum atomic E-state index is 0.264. The van der Waals surface area contributed by atoms with Gasteiger partial charge in [0, 0.05) is 39.3 Å². The van der Waals surface area contributed by atoms with E-state index in [1.54, 1.807) is 0 Å². The molecule has 19 heavy (non-hydrogen) atoms. The predicted octanol–water partition coefficient (Wildman–Crippen LogP) is 0.949. The maximum absolute atomic E-state index is 12.4. The zero-order valence-corrected chi connectivity index (χ0v) is 12.0. The first-order valence-corrected chi connectivity index (χ1v) is 7.77. The Morgan fingerprint density at radius 2 is 1.42 bits per heavy atom. The van der Waals surface area contributed by atoms with E-state index >= 15 is 0 Å². The molecule has 0 saturated carbocycles. The first kappa shape index (κ1) is 14.6. The van der Waals surface area contributed by atoms with Gasteiger partial charge in [-0.3, -0.25) is 4.90 Å². The van der Waals surface area contributed by atoms with Crippen LogP contribution in [0.2, 0.25) is 0 Å². The molecule has 2 aliphatic heterocycles. The highest BCUT2D eigenvalue weighted by molar-refractivity contribution is 5.74. The van der Waals surface area contributed by atoms with E-state index < -0.39 is 0 Å². The Labute approximate surface area is 116 Å². The Morgan fingerprint density at radius 1 is 0.842 bits per heavy atom. The fraction of sp³-hybridized carbons (Fsp3) is 0.929. The zero-order chi connectivity index (χ0) is 13.5. The predicted molar refractivity (Wildman–Crippen MR) is 77.1 cm³/mol. The van der Waals surface area contributed by atoms with Crippen LogP contribution in [0.5, 0.6) is 0 Å². The maximum Gasteiger partial charge on any atom is 0.320 e. The third kappa shape index (κ3) is 4.35. The highest BCUT2D eigenvalue weighted by Gasteiger charge is 2.25. The molecule has 2 heterocycles. The van der Waals surface area contributed by atoms with Crippen molar-refractivity contribution >= 4 is 6.03 Å². The van der Waals surface area contributed by atoms with Gasteiger partial charge < -0.3 is 15.5 Å². The topological polar surface area (TPSA) is 52.8 Å². The molecular formula is C14H28N4O. The lowest BCUT2D eigenvalue weighted by Crippen LogP contribution is -2.53. The van der Waals surface area contributed by atoms with Crippen molar-refractivity contribution in [3.63, 3.8) is 0 Å². The van der Waals surface area contributed by atoms with Crippen molar-refractivity contribution in [3.05, 3.63) is 0 Å². The SMILES string of the molecule is NCCCN1CCN(C(=O)N2CCCCCC2)CC1. The Balaban J connectivity index is 1.75. The molecule has 0 radical (unpaired) electrons. The molecule has 5 heteroatoms. The number of carbonyl (C=O) groups excluding carboxylic acids is 1. The van der Waals surface area contributed by atoms with Gasteiger partial charge in [-0.05, 0) is 32.4 Å². The molecule has 110 valence electrons. The van der Waals surface area contributed by atoms with Crippen molar-refractivity contribution in [3.8, 4) is 0 Å². The fourth-order valence-corrected chi connectivity index (χ4v) is 2.94.